The van der Waals surface area contributed by atoms with Crippen LogP contribution in [0.4, 0.5) is 5.82 Å². The Bertz CT molecular complexity index is 527. The number of ether oxygens (including phenoxy) is 1. The summed E-state index contributed by atoms with van der Waals surface area (Å²) >= 11 is 1.66. The summed E-state index contributed by atoms with van der Waals surface area (Å²) in [6, 6.07) is 0.294. The largest absolute Gasteiger partial charge is 0.475 e. The van der Waals surface area contributed by atoms with E-state index in [0.29, 0.717) is 24.3 Å². The predicted octanol–water partition coefficient (Wildman–Crippen LogP) is 2.68. The maximum Gasteiger partial charge on any atom is 0.257 e. The number of hydrogen-bond donors (Lipinski definition) is 1. The van der Waals surface area contributed by atoms with Crippen LogP contribution in [0.2, 0.25) is 0 Å². The molecule has 0 aliphatic carbocycles. The van der Waals surface area contributed by atoms with Gasteiger partial charge in [-0.25, -0.2) is 15.0 Å². The molecule has 2 aromatic rings. The van der Waals surface area contributed by atoms with Gasteiger partial charge in [-0.2, -0.15) is 0 Å². The van der Waals surface area contributed by atoms with E-state index in [0.717, 1.165) is 12.1 Å². The number of aryl methyl sites for hydroxylation is 1. The molecule has 102 valence electrons. The third kappa shape index (κ3) is 3.89. The first kappa shape index (κ1) is 13.7. The first-order valence-corrected chi connectivity index (χ1v) is 7.14. The van der Waals surface area contributed by atoms with Crippen LogP contribution in [-0.2, 0) is 6.42 Å². The van der Waals surface area contributed by atoms with E-state index in [1.807, 2.05) is 12.4 Å². The Kier molecular flexibility index (Phi) is 4.68. The van der Waals surface area contributed by atoms with Crippen molar-refractivity contribution in [2.45, 2.75) is 33.2 Å². The average Bonchev–Trinajstić information content (AvgIpc) is 2.77. The summed E-state index contributed by atoms with van der Waals surface area (Å²) in [5.74, 6) is 1.25. The molecule has 0 atom stereocenters. The van der Waals surface area contributed by atoms with Crippen LogP contribution in [0.5, 0.6) is 5.88 Å². The lowest BCUT2D eigenvalue weighted by molar-refractivity contribution is 0.310. The van der Waals surface area contributed by atoms with Crippen molar-refractivity contribution < 1.29 is 4.74 Å². The van der Waals surface area contributed by atoms with Gasteiger partial charge in [-0.15, -0.1) is 11.3 Å². The number of aromatic nitrogens is 3. The lowest BCUT2D eigenvalue weighted by Crippen LogP contribution is -2.13. The summed E-state index contributed by atoms with van der Waals surface area (Å²) in [6.07, 6.45) is 4.14. The van der Waals surface area contributed by atoms with Crippen molar-refractivity contribution in [3.8, 4) is 5.88 Å². The Morgan fingerprint density at radius 3 is 2.74 bits per heavy atom. The minimum atomic E-state index is 0.294. The Balaban J connectivity index is 1.94. The number of nitrogens with zero attached hydrogens (tertiary/aromatic N) is 3. The first-order valence-electron chi connectivity index (χ1n) is 6.26. The van der Waals surface area contributed by atoms with Gasteiger partial charge < -0.3 is 10.1 Å². The highest BCUT2D eigenvalue weighted by Gasteiger charge is 2.08. The van der Waals surface area contributed by atoms with Gasteiger partial charge >= 0.3 is 0 Å². The topological polar surface area (TPSA) is 59.9 Å². The molecule has 1 N–H and O–H groups in total. The molecular weight excluding hydrogens is 260 g/mol. The Labute approximate surface area is 117 Å². The number of rotatable bonds is 6. The van der Waals surface area contributed by atoms with E-state index >= 15 is 0 Å². The van der Waals surface area contributed by atoms with Gasteiger partial charge in [0.25, 0.3) is 5.88 Å². The molecule has 0 amide bonds. The van der Waals surface area contributed by atoms with Crippen LogP contribution in [0, 0.1) is 6.92 Å². The second-order valence-electron chi connectivity index (χ2n) is 4.47. The van der Waals surface area contributed by atoms with Crippen LogP contribution < -0.4 is 10.1 Å². The zero-order valence-electron chi connectivity index (χ0n) is 11.4. The van der Waals surface area contributed by atoms with Crippen LogP contribution in [0.25, 0.3) is 0 Å². The van der Waals surface area contributed by atoms with Gasteiger partial charge in [0, 0.05) is 29.7 Å². The molecule has 5 nitrogen and oxygen atoms in total. The maximum absolute atomic E-state index is 5.71. The van der Waals surface area contributed by atoms with Crippen LogP contribution >= 0.6 is 11.3 Å². The van der Waals surface area contributed by atoms with Crippen molar-refractivity contribution >= 4 is 17.2 Å². The van der Waals surface area contributed by atoms with Crippen molar-refractivity contribution in [1.29, 1.82) is 0 Å². The molecule has 0 spiro atoms. The highest BCUT2D eigenvalue weighted by molar-refractivity contribution is 7.09. The quantitative estimate of drug-likeness (QED) is 0.880. The highest BCUT2D eigenvalue weighted by Crippen LogP contribution is 2.19. The van der Waals surface area contributed by atoms with Crippen LogP contribution in [-0.4, -0.2) is 27.6 Å². The third-order valence-electron chi connectivity index (χ3n) is 2.50. The molecule has 0 saturated heterocycles. The van der Waals surface area contributed by atoms with Gasteiger partial charge in [-0.05, 0) is 20.8 Å². The van der Waals surface area contributed by atoms with E-state index in [2.05, 4.69) is 34.1 Å². The fourth-order valence-corrected chi connectivity index (χ4v) is 2.37. The van der Waals surface area contributed by atoms with Crippen LogP contribution in [0.15, 0.2) is 17.9 Å². The summed E-state index contributed by atoms with van der Waals surface area (Å²) in [4.78, 5) is 13.9. The predicted molar refractivity (Wildman–Crippen MR) is 76.8 cm³/mol. The molecule has 2 aromatic heterocycles. The number of hydrogen-bond acceptors (Lipinski definition) is 6. The second-order valence-corrected chi connectivity index (χ2v) is 5.41. The van der Waals surface area contributed by atoms with Crippen molar-refractivity contribution in [1.82, 2.24) is 15.0 Å². The van der Waals surface area contributed by atoms with E-state index in [-0.39, 0.29) is 0 Å². The normalized spacial score (nSPS) is 10.7. The fraction of sp³-hybridized carbons (Fsp3) is 0.462. The lowest BCUT2D eigenvalue weighted by Gasteiger charge is -2.12. The van der Waals surface area contributed by atoms with E-state index in [1.165, 1.54) is 4.88 Å². The summed E-state index contributed by atoms with van der Waals surface area (Å²) < 4.78 is 5.71. The molecule has 0 bridgehead atoms. The molecule has 0 aliphatic heterocycles. The van der Waals surface area contributed by atoms with Crippen LogP contribution in [0.3, 0.4) is 0 Å². The van der Waals surface area contributed by atoms with Gasteiger partial charge in [-0.1, -0.05) is 0 Å². The zero-order valence-corrected chi connectivity index (χ0v) is 12.2. The fourth-order valence-electron chi connectivity index (χ4n) is 1.61. The Morgan fingerprint density at radius 2 is 2.05 bits per heavy atom. The SMILES string of the molecule is Cc1ncsc1CCOc1nccnc1NC(C)C. The van der Waals surface area contributed by atoms with Gasteiger partial charge in [-0.3, -0.25) is 0 Å². The molecule has 2 heterocycles. The molecule has 0 aromatic carbocycles. The van der Waals surface area contributed by atoms with E-state index in [4.69, 9.17) is 4.74 Å². The number of thiazole rings is 1. The van der Waals surface area contributed by atoms with Crippen LogP contribution in [0.1, 0.15) is 24.4 Å². The summed E-state index contributed by atoms with van der Waals surface area (Å²) in [6.45, 7) is 6.70. The smallest absolute Gasteiger partial charge is 0.257 e. The van der Waals surface area contributed by atoms with Gasteiger partial charge in [0.1, 0.15) is 0 Å². The summed E-state index contributed by atoms with van der Waals surface area (Å²) in [7, 11) is 0. The van der Waals surface area contributed by atoms with Crippen molar-refractivity contribution in [2.75, 3.05) is 11.9 Å². The third-order valence-corrected chi connectivity index (χ3v) is 3.50. The average molecular weight is 278 g/mol. The zero-order chi connectivity index (χ0) is 13.7. The molecule has 2 rings (SSSR count). The summed E-state index contributed by atoms with van der Waals surface area (Å²) in [5.41, 5.74) is 2.94. The van der Waals surface area contributed by atoms with Gasteiger partial charge in [0.2, 0.25) is 0 Å². The lowest BCUT2D eigenvalue weighted by atomic mass is 10.3. The summed E-state index contributed by atoms with van der Waals surface area (Å²) in [5, 5.41) is 3.22. The Hall–Kier alpha value is -1.69. The minimum Gasteiger partial charge on any atom is -0.475 e. The highest BCUT2D eigenvalue weighted by atomic mass is 32.1. The molecule has 0 aliphatic rings. The maximum atomic E-state index is 5.71. The second kappa shape index (κ2) is 6.47. The molecule has 0 saturated carbocycles. The molecule has 0 unspecified atom stereocenters. The molecule has 0 fully saturated rings. The van der Waals surface area contributed by atoms with E-state index in [9.17, 15) is 0 Å². The standard InChI is InChI=1S/C13H18N4OS/c1-9(2)17-12-13(15-6-5-14-12)18-7-4-11-10(3)16-8-19-11/h5-6,8-9H,4,7H2,1-3H3,(H,14,17). The first-order chi connectivity index (χ1) is 9.16. The van der Waals surface area contributed by atoms with Crippen molar-refractivity contribution in [3.05, 3.63) is 28.5 Å². The number of anilines is 1. The van der Waals surface area contributed by atoms with E-state index in [1.54, 1.807) is 23.7 Å². The monoisotopic (exact) mass is 278 g/mol. The number of nitrogens with one attached hydrogen (secondary N) is 1. The molecule has 19 heavy (non-hydrogen) atoms. The van der Waals surface area contributed by atoms with Gasteiger partial charge in [0.05, 0.1) is 17.8 Å². The van der Waals surface area contributed by atoms with Gasteiger partial charge in [0.15, 0.2) is 5.82 Å². The molecule has 6 heteroatoms. The molecule has 0 radical (unpaired) electrons. The molecular formula is C13H18N4OS. The Morgan fingerprint density at radius 1 is 1.26 bits per heavy atom. The van der Waals surface area contributed by atoms with Crippen molar-refractivity contribution in [2.24, 2.45) is 0 Å². The minimum absolute atomic E-state index is 0.294. The van der Waals surface area contributed by atoms with E-state index < -0.39 is 0 Å². The van der Waals surface area contributed by atoms with Crippen molar-refractivity contribution in [3.63, 3.8) is 0 Å².